The number of quaternary nitrogens is 1. The zero-order valence-corrected chi connectivity index (χ0v) is 19.5. The molecule has 0 spiro atoms. The maximum absolute atomic E-state index is 14.1. The highest BCUT2D eigenvalue weighted by atomic mass is 32.2. The molecule has 2 aliphatic heterocycles. The van der Waals surface area contributed by atoms with Crippen LogP contribution in [0.15, 0.2) is 52.3 Å². The topological polar surface area (TPSA) is 74.7 Å². The summed E-state index contributed by atoms with van der Waals surface area (Å²) in [5.74, 6) is -0.754. The summed E-state index contributed by atoms with van der Waals surface area (Å²) in [6.07, 6.45) is 1.46. The van der Waals surface area contributed by atoms with Crippen molar-refractivity contribution in [1.29, 1.82) is 0 Å². The first-order valence-corrected chi connectivity index (χ1v) is 12.5. The van der Waals surface area contributed by atoms with Crippen LogP contribution in [-0.4, -0.2) is 55.3 Å². The summed E-state index contributed by atoms with van der Waals surface area (Å²) in [7, 11) is -3.94. The molecule has 2 heterocycles. The molecule has 0 aliphatic carbocycles. The van der Waals surface area contributed by atoms with E-state index in [0.29, 0.717) is 19.5 Å². The molecular weight excluding hydrogens is 431 g/mol. The van der Waals surface area contributed by atoms with Crippen molar-refractivity contribution in [2.24, 2.45) is 0 Å². The molecule has 4 rings (SSSR count). The average molecular weight is 462 g/mol. The van der Waals surface area contributed by atoms with Crippen LogP contribution in [0.1, 0.15) is 39.2 Å². The maximum atomic E-state index is 14.1. The molecule has 1 saturated heterocycles. The first-order valence-electron chi connectivity index (χ1n) is 11.0. The van der Waals surface area contributed by atoms with Crippen LogP contribution in [0.5, 0.6) is 0 Å². The van der Waals surface area contributed by atoms with E-state index in [2.05, 4.69) is 4.90 Å². The minimum Gasteiger partial charge on any atom is -0.435 e. The molecular formula is C24H30FN2O4S+. The number of piperidine rings is 1. The number of sulfone groups is 1. The van der Waals surface area contributed by atoms with Crippen molar-refractivity contribution in [3.05, 3.63) is 53.8 Å². The third-order valence-electron chi connectivity index (χ3n) is 7.20. The van der Waals surface area contributed by atoms with Gasteiger partial charge in [0.1, 0.15) is 16.3 Å². The third-order valence-corrected chi connectivity index (χ3v) is 8.98. The summed E-state index contributed by atoms with van der Waals surface area (Å²) in [6, 6.07) is 10.7. The average Bonchev–Trinajstić information content (AvgIpc) is 3.16. The van der Waals surface area contributed by atoms with Crippen molar-refractivity contribution >= 4 is 21.6 Å². The van der Waals surface area contributed by atoms with Gasteiger partial charge in [-0.15, -0.1) is 0 Å². The number of fused-ring (bicyclic) bond motifs is 1. The smallest absolute Gasteiger partial charge is 0.435 e. The number of hydrogen-bond acceptors (Lipinski definition) is 4. The SMILES string of the molecule is CC(C)(C)[N+]1(C(=O)O)CCC(N2CCc3cc(S(=O)(=O)c4ccccc4F)ccc32)CC1. The second-order valence-electron chi connectivity index (χ2n) is 9.77. The summed E-state index contributed by atoms with van der Waals surface area (Å²) in [6.45, 7) is 7.83. The van der Waals surface area contributed by atoms with E-state index < -0.39 is 21.7 Å². The Hall–Kier alpha value is -2.45. The predicted molar refractivity (Wildman–Crippen MR) is 120 cm³/mol. The van der Waals surface area contributed by atoms with Crippen LogP contribution in [0.2, 0.25) is 0 Å². The Bertz CT molecular complexity index is 1150. The fraction of sp³-hybridized carbons (Fsp3) is 0.458. The molecule has 1 amide bonds. The lowest BCUT2D eigenvalue weighted by Gasteiger charge is -2.48. The number of benzene rings is 2. The summed E-state index contributed by atoms with van der Waals surface area (Å²) in [5.41, 5.74) is 1.55. The lowest BCUT2D eigenvalue weighted by molar-refractivity contribution is -0.908. The fourth-order valence-electron chi connectivity index (χ4n) is 5.20. The van der Waals surface area contributed by atoms with Gasteiger partial charge in [-0.25, -0.2) is 17.3 Å². The second kappa shape index (κ2) is 7.85. The van der Waals surface area contributed by atoms with E-state index in [9.17, 15) is 22.7 Å². The van der Waals surface area contributed by atoms with Crippen molar-refractivity contribution in [3.8, 4) is 0 Å². The molecule has 1 N–H and O–H groups in total. The van der Waals surface area contributed by atoms with Crippen LogP contribution in [0, 0.1) is 5.82 Å². The quantitative estimate of drug-likeness (QED) is 0.683. The van der Waals surface area contributed by atoms with Gasteiger partial charge in [0.2, 0.25) is 9.84 Å². The number of halogens is 1. The molecule has 0 radical (unpaired) electrons. The number of anilines is 1. The minimum absolute atomic E-state index is 0.0595. The van der Waals surface area contributed by atoms with E-state index in [1.54, 1.807) is 12.1 Å². The summed E-state index contributed by atoms with van der Waals surface area (Å²) in [4.78, 5) is 14.2. The highest BCUT2D eigenvalue weighted by molar-refractivity contribution is 7.91. The molecule has 8 heteroatoms. The fourth-order valence-corrected chi connectivity index (χ4v) is 6.58. The van der Waals surface area contributed by atoms with Crippen molar-refractivity contribution in [2.45, 2.75) is 61.4 Å². The lowest BCUT2D eigenvalue weighted by Crippen LogP contribution is -2.67. The zero-order chi connectivity index (χ0) is 23.3. The van der Waals surface area contributed by atoms with Gasteiger partial charge in [0.25, 0.3) is 0 Å². The summed E-state index contributed by atoms with van der Waals surface area (Å²) < 4.78 is 40.1. The van der Waals surface area contributed by atoms with Gasteiger partial charge in [-0.3, -0.25) is 0 Å². The molecule has 0 aromatic heterocycles. The van der Waals surface area contributed by atoms with E-state index in [-0.39, 0.29) is 25.9 Å². The van der Waals surface area contributed by atoms with E-state index in [1.807, 2.05) is 26.8 Å². The summed E-state index contributed by atoms with van der Waals surface area (Å²) in [5, 5.41) is 9.93. The van der Waals surface area contributed by atoms with Gasteiger partial charge in [0, 0.05) is 31.1 Å². The number of hydrogen-bond donors (Lipinski definition) is 1. The van der Waals surface area contributed by atoms with Crippen LogP contribution >= 0.6 is 0 Å². The minimum atomic E-state index is -3.94. The Labute approximate surface area is 188 Å². The number of likely N-dealkylation sites (tertiary alicyclic amines) is 1. The van der Waals surface area contributed by atoms with Crippen molar-refractivity contribution in [3.63, 3.8) is 0 Å². The Morgan fingerprint density at radius 3 is 2.38 bits per heavy atom. The summed E-state index contributed by atoms with van der Waals surface area (Å²) >= 11 is 0. The van der Waals surface area contributed by atoms with Crippen molar-refractivity contribution in [2.75, 3.05) is 24.5 Å². The molecule has 2 aliphatic rings. The van der Waals surface area contributed by atoms with Gasteiger partial charge >= 0.3 is 6.09 Å². The Balaban J connectivity index is 1.57. The standard InChI is InChI=1S/C24H29FN2O4S/c1-24(2,3)27(23(28)29)14-11-18(12-15-27)26-13-10-17-16-19(8-9-21(17)26)32(30,31)22-7-5-4-6-20(22)25/h4-9,16,18H,10-15H2,1-3H3/p+1. The number of carbonyl (C=O) groups is 1. The molecule has 2 aromatic carbocycles. The molecule has 172 valence electrons. The highest BCUT2D eigenvalue weighted by Gasteiger charge is 2.50. The van der Waals surface area contributed by atoms with Crippen molar-refractivity contribution < 1.29 is 27.2 Å². The number of carboxylic acid groups (broad SMARTS) is 1. The van der Waals surface area contributed by atoms with Gasteiger partial charge in [0.05, 0.1) is 18.0 Å². The van der Waals surface area contributed by atoms with Crippen LogP contribution < -0.4 is 4.90 Å². The highest BCUT2D eigenvalue weighted by Crippen LogP contribution is 2.38. The number of amides is 1. The normalized spacial score (nSPS) is 23.8. The van der Waals surface area contributed by atoms with Gasteiger partial charge in [0.15, 0.2) is 0 Å². The second-order valence-corrected chi connectivity index (χ2v) is 11.7. The van der Waals surface area contributed by atoms with Gasteiger partial charge in [-0.1, -0.05) is 12.1 Å². The Kier molecular flexibility index (Phi) is 5.57. The van der Waals surface area contributed by atoms with Crippen LogP contribution in [0.4, 0.5) is 14.9 Å². The Morgan fingerprint density at radius 2 is 1.78 bits per heavy atom. The van der Waals surface area contributed by atoms with Crippen molar-refractivity contribution in [1.82, 2.24) is 0 Å². The van der Waals surface area contributed by atoms with Crippen LogP contribution in [-0.2, 0) is 16.3 Å². The van der Waals surface area contributed by atoms with Gasteiger partial charge in [-0.05, 0) is 63.1 Å². The first kappa shape index (κ1) is 22.7. The molecule has 6 nitrogen and oxygen atoms in total. The molecule has 1 fully saturated rings. The van der Waals surface area contributed by atoms with E-state index in [4.69, 9.17) is 0 Å². The largest absolute Gasteiger partial charge is 0.513 e. The number of nitrogens with zero attached hydrogens (tertiary/aromatic N) is 2. The molecule has 0 bridgehead atoms. The van der Waals surface area contributed by atoms with Gasteiger partial charge in [-0.2, -0.15) is 4.79 Å². The van der Waals surface area contributed by atoms with E-state index in [0.717, 1.165) is 36.7 Å². The van der Waals surface area contributed by atoms with Gasteiger partial charge < -0.3 is 10.0 Å². The van der Waals surface area contributed by atoms with Crippen LogP contribution in [0.25, 0.3) is 0 Å². The maximum Gasteiger partial charge on any atom is 0.513 e. The zero-order valence-electron chi connectivity index (χ0n) is 18.7. The van der Waals surface area contributed by atoms with Crippen LogP contribution in [0.3, 0.4) is 0 Å². The lowest BCUT2D eigenvalue weighted by atomic mass is 9.93. The first-order chi connectivity index (χ1) is 15.0. The molecule has 32 heavy (non-hydrogen) atoms. The molecule has 0 saturated carbocycles. The predicted octanol–water partition coefficient (Wildman–Crippen LogP) is 4.48. The van der Waals surface area contributed by atoms with E-state index in [1.165, 1.54) is 18.2 Å². The molecule has 0 unspecified atom stereocenters. The third kappa shape index (κ3) is 3.59. The number of rotatable bonds is 3. The monoisotopic (exact) mass is 461 g/mol. The molecule has 0 atom stereocenters. The van der Waals surface area contributed by atoms with E-state index >= 15 is 0 Å². The Morgan fingerprint density at radius 1 is 1.12 bits per heavy atom. The molecule has 2 aromatic rings.